The molecule has 1 N–H and O–H groups in total. The van der Waals surface area contributed by atoms with Gasteiger partial charge in [0.15, 0.2) is 0 Å². The number of hydrogen-bond acceptors (Lipinski definition) is 2. The molecule has 1 saturated heterocycles. The molecular formula is C14H27BrN2O. The lowest BCUT2D eigenvalue weighted by molar-refractivity contribution is -0.121. The van der Waals surface area contributed by atoms with Gasteiger partial charge >= 0.3 is 0 Å². The third-order valence-electron chi connectivity index (χ3n) is 3.68. The third-order valence-corrected chi connectivity index (χ3v) is 4.24. The van der Waals surface area contributed by atoms with Crippen molar-refractivity contribution in [3.63, 3.8) is 0 Å². The van der Waals surface area contributed by atoms with Gasteiger partial charge in [-0.3, -0.25) is 9.69 Å². The van der Waals surface area contributed by atoms with Crippen LogP contribution in [0.1, 0.15) is 46.0 Å². The molecule has 0 radical (unpaired) electrons. The molecule has 0 bridgehead atoms. The zero-order valence-electron chi connectivity index (χ0n) is 11.8. The Hall–Kier alpha value is -0.0900. The molecule has 106 valence electrons. The predicted octanol–water partition coefficient (Wildman–Crippen LogP) is 2.79. The minimum Gasteiger partial charge on any atom is -0.355 e. The molecule has 18 heavy (non-hydrogen) atoms. The highest BCUT2D eigenvalue weighted by Gasteiger charge is 2.24. The second-order valence-electron chi connectivity index (χ2n) is 5.50. The summed E-state index contributed by atoms with van der Waals surface area (Å²) in [4.78, 5) is 14.2. The van der Waals surface area contributed by atoms with Gasteiger partial charge in [-0.1, -0.05) is 29.8 Å². The Labute approximate surface area is 120 Å². The van der Waals surface area contributed by atoms with Crippen molar-refractivity contribution in [3.8, 4) is 0 Å². The SMILES string of the molecule is CC(C)C(CNC(=O)CCCCBr)N1CCCC1. The Morgan fingerprint density at radius 1 is 1.28 bits per heavy atom. The number of nitrogens with one attached hydrogen (secondary N) is 1. The zero-order valence-corrected chi connectivity index (χ0v) is 13.3. The van der Waals surface area contributed by atoms with E-state index in [0.717, 1.165) is 24.7 Å². The Kier molecular flexibility index (Phi) is 7.91. The molecule has 1 aliphatic heterocycles. The molecule has 1 unspecified atom stereocenters. The first-order chi connectivity index (χ1) is 8.65. The number of carbonyl (C=O) groups is 1. The Morgan fingerprint density at radius 2 is 1.94 bits per heavy atom. The number of rotatable bonds is 8. The molecule has 0 aromatic rings. The van der Waals surface area contributed by atoms with Gasteiger partial charge in [0.05, 0.1) is 0 Å². The topological polar surface area (TPSA) is 32.3 Å². The van der Waals surface area contributed by atoms with Gasteiger partial charge in [0.1, 0.15) is 0 Å². The average Bonchev–Trinajstić information content (AvgIpc) is 2.83. The average molecular weight is 319 g/mol. The van der Waals surface area contributed by atoms with Crippen molar-refractivity contribution in [3.05, 3.63) is 0 Å². The fraction of sp³-hybridized carbons (Fsp3) is 0.929. The van der Waals surface area contributed by atoms with E-state index in [2.05, 4.69) is 40.0 Å². The van der Waals surface area contributed by atoms with E-state index in [1.165, 1.54) is 25.9 Å². The van der Waals surface area contributed by atoms with Crippen LogP contribution in [0.15, 0.2) is 0 Å². The summed E-state index contributed by atoms with van der Waals surface area (Å²) in [6.07, 6.45) is 5.33. The highest BCUT2D eigenvalue weighted by Crippen LogP contribution is 2.17. The van der Waals surface area contributed by atoms with Crippen molar-refractivity contribution in [2.24, 2.45) is 5.92 Å². The summed E-state index contributed by atoms with van der Waals surface area (Å²) in [5.74, 6) is 0.812. The molecule has 0 spiro atoms. The number of hydrogen-bond donors (Lipinski definition) is 1. The van der Waals surface area contributed by atoms with E-state index in [-0.39, 0.29) is 5.91 Å². The van der Waals surface area contributed by atoms with Crippen LogP contribution in [-0.2, 0) is 4.79 Å². The lowest BCUT2D eigenvalue weighted by Gasteiger charge is -2.31. The van der Waals surface area contributed by atoms with Gasteiger partial charge in [0.25, 0.3) is 0 Å². The molecule has 1 aliphatic rings. The summed E-state index contributed by atoms with van der Waals surface area (Å²) < 4.78 is 0. The third kappa shape index (κ3) is 5.70. The quantitative estimate of drug-likeness (QED) is 0.551. The molecule has 3 nitrogen and oxygen atoms in total. The van der Waals surface area contributed by atoms with Crippen molar-refractivity contribution >= 4 is 21.8 Å². The van der Waals surface area contributed by atoms with Crippen molar-refractivity contribution < 1.29 is 4.79 Å². The number of carbonyl (C=O) groups excluding carboxylic acids is 1. The first-order valence-electron chi connectivity index (χ1n) is 7.22. The first kappa shape index (κ1) is 16.0. The number of unbranched alkanes of at least 4 members (excludes halogenated alkanes) is 1. The smallest absolute Gasteiger partial charge is 0.220 e. The molecule has 1 heterocycles. The van der Waals surface area contributed by atoms with Crippen LogP contribution in [0, 0.1) is 5.92 Å². The summed E-state index contributed by atoms with van der Waals surface area (Å²) in [5.41, 5.74) is 0. The van der Waals surface area contributed by atoms with Crippen LogP contribution >= 0.6 is 15.9 Å². The molecule has 0 aliphatic carbocycles. The maximum absolute atomic E-state index is 11.7. The minimum absolute atomic E-state index is 0.209. The maximum Gasteiger partial charge on any atom is 0.220 e. The predicted molar refractivity (Wildman–Crippen MR) is 80.1 cm³/mol. The van der Waals surface area contributed by atoms with Crippen LogP contribution in [0.25, 0.3) is 0 Å². The highest BCUT2D eigenvalue weighted by molar-refractivity contribution is 9.09. The van der Waals surface area contributed by atoms with Crippen molar-refractivity contribution in [1.29, 1.82) is 0 Å². The van der Waals surface area contributed by atoms with E-state index in [0.29, 0.717) is 18.4 Å². The van der Waals surface area contributed by atoms with Gasteiger partial charge in [-0.15, -0.1) is 0 Å². The number of nitrogens with zero attached hydrogens (tertiary/aromatic N) is 1. The normalized spacial score (nSPS) is 18.2. The Morgan fingerprint density at radius 3 is 2.50 bits per heavy atom. The molecule has 0 aromatic carbocycles. The summed E-state index contributed by atoms with van der Waals surface area (Å²) in [6, 6.07) is 0.507. The summed E-state index contributed by atoms with van der Waals surface area (Å²) >= 11 is 3.39. The van der Waals surface area contributed by atoms with E-state index < -0.39 is 0 Å². The Balaban J connectivity index is 2.26. The van der Waals surface area contributed by atoms with Gasteiger partial charge in [0, 0.05) is 24.3 Å². The van der Waals surface area contributed by atoms with Crippen LogP contribution in [0.5, 0.6) is 0 Å². The van der Waals surface area contributed by atoms with Crippen LogP contribution in [0.3, 0.4) is 0 Å². The fourth-order valence-electron chi connectivity index (χ4n) is 2.55. The van der Waals surface area contributed by atoms with E-state index in [9.17, 15) is 4.79 Å². The summed E-state index contributed by atoms with van der Waals surface area (Å²) in [7, 11) is 0. The van der Waals surface area contributed by atoms with Gasteiger partial charge < -0.3 is 5.32 Å². The van der Waals surface area contributed by atoms with Crippen molar-refractivity contribution in [1.82, 2.24) is 10.2 Å². The molecular weight excluding hydrogens is 292 g/mol. The largest absolute Gasteiger partial charge is 0.355 e. The van der Waals surface area contributed by atoms with E-state index in [1.54, 1.807) is 0 Å². The second kappa shape index (κ2) is 8.92. The minimum atomic E-state index is 0.209. The number of likely N-dealkylation sites (tertiary alicyclic amines) is 1. The molecule has 1 amide bonds. The van der Waals surface area contributed by atoms with Gasteiger partial charge in [0.2, 0.25) is 5.91 Å². The summed E-state index contributed by atoms with van der Waals surface area (Å²) in [6.45, 7) is 7.70. The maximum atomic E-state index is 11.7. The molecule has 4 heteroatoms. The standard InChI is InChI=1S/C14H27BrN2O/c1-12(2)13(17-9-5-6-10-17)11-16-14(18)7-3-4-8-15/h12-13H,3-11H2,1-2H3,(H,16,18). The first-order valence-corrected chi connectivity index (χ1v) is 8.34. The van der Waals surface area contributed by atoms with Crippen LogP contribution < -0.4 is 5.32 Å². The van der Waals surface area contributed by atoms with Gasteiger partial charge in [-0.05, 0) is 44.7 Å². The van der Waals surface area contributed by atoms with E-state index >= 15 is 0 Å². The summed E-state index contributed by atoms with van der Waals surface area (Å²) in [5, 5.41) is 4.09. The van der Waals surface area contributed by atoms with Crippen molar-refractivity contribution in [2.75, 3.05) is 25.0 Å². The lowest BCUT2D eigenvalue weighted by atomic mass is 10.0. The van der Waals surface area contributed by atoms with Crippen LogP contribution in [0.4, 0.5) is 0 Å². The van der Waals surface area contributed by atoms with Crippen LogP contribution in [-0.4, -0.2) is 41.8 Å². The fourth-order valence-corrected chi connectivity index (χ4v) is 2.94. The lowest BCUT2D eigenvalue weighted by Crippen LogP contribution is -2.45. The monoisotopic (exact) mass is 318 g/mol. The molecule has 0 saturated carbocycles. The van der Waals surface area contributed by atoms with E-state index in [4.69, 9.17) is 0 Å². The Bertz CT molecular complexity index is 240. The van der Waals surface area contributed by atoms with Crippen molar-refractivity contribution in [2.45, 2.75) is 52.0 Å². The molecule has 0 aromatic heterocycles. The zero-order chi connectivity index (χ0) is 13.4. The number of amides is 1. The van der Waals surface area contributed by atoms with E-state index in [1.807, 2.05) is 0 Å². The molecule has 1 rings (SSSR count). The molecule has 1 fully saturated rings. The number of alkyl halides is 1. The van der Waals surface area contributed by atoms with Gasteiger partial charge in [-0.2, -0.15) is 0 Å². The van der Waals surface area contributed by atoms with Crippen LogP contribution in [0.2, 0.25) is 0 Å². The second-order valence-corrected chi connectivity index (χ2v) is 6.30. The van der Waals surface area contributed by atoms with Gasteiger partial charge in [-0.25, -0.2) is 0 Å². The molecule has 1 atom stereocenters. The number of halogens is 1. The highest BCUT2D eigenvalue weighted by atomic mass is 79.9.